The highest BCUT2D eigenvalue weighted by Gasteiger charge is 2.25. The molecule has 23 heavy (non-hydrogen) atoms. The van der Waals surface area contributed by atoms with Crippen molar-refractivity contribution < 1.29 is 4.39 Å². The largest absolute Gasteiger partial charge is 0.371 e. The van der Waals surface area contributed by atoms with Gasteiger partial charge in [0.15, 0.2) is 0 Å². The Morgan fingerprint density at radius 2 is 2.09 bits per heavy atom. The van der Waals surface area contributed by atoms with E-state index in [2.05, 4.69) is 22.9 Å². The van der Waals surface area contributed by atoms with E-state index in [0.29, 0.717) is 11.8 Å². The van der Waals surface area contributed by atoms with Gasteiger partial charge in [0.05, 0.1) is 5.56 Å². The van der Waals surface area contributed by atoms with Crippen molar-refractivity contribution in [2.45, 2.75) is 25.7 Å². The first-order valence-corrected chi connectivity index (χ1v) is 8.03. The molecule has 0 bridgehead atoms. The molecule has 3 rings (SSSR count). The zero-order chi connectivity index (χ0) is 16.2. The second kappa shape index (κ2) is 6.78. The van der Waals surface area contributed by atoms with Crippen LogP contribution in [0.3, 0.4) is 0 Å². The minimum absolute atomic E-state index is 0.105. The van der Waals surface area contributed by atoms with Crippen LogP contribution in [0.2, 0.25) is 0 Å². The van der Waals surface area contributed by atoms with Gasteiger partial charge in [-0.3, -0.25) is 4.98 Å². The third kappa shape index (κ3) is 3.34. The Balaban J connectivity index is 1.64. The zero-order valence-electron chi connectivity index (χ0n) is 13.2. The molecule has 1 aromatic heterocycles. The van der Waals surface area contributed by atoms with E-state index in [9.17, 15) is 4.39 Å². The van der Waals surface area contributed by atoms with Crippen molar-refractivity contribution in [1.29, 1.82) is 5.26 Å². The monoisotopic (exact) mass is 309 g/mol. The first-order chi connectivity index (χ1) is 11.2. The molecule has 1 aromatic carbocycles. The number of benzene rings is 1. The van der Waals surface area contributed by atoms with Gasteiger partial charge in [0.2, 0.25) is 0 Å². The van der Waals surface area contributed by atoms with Crippen molar-refractivity contribution in [3.05, 3.63) is 59.7 Å². The molecule has 4 heteroatoms. The molecule has 0 spiro atoms. The van der Waals surface area contributed by atoms with E-state index in [0.717, 1.165) is 31.6 Å². The summed E-state index contributed by atoms with van der Waals surface area (Å²) < 4.78 is 13.8. The molecule has 1 atom stereocenters. The number of pyridine rings is 1. The normalized spacial score (nSPS) is 16.8. The topological polar surface area (TPSA) is 39.9 Å². The quantitative estimate of drug-likeness (QED) is 0.856. The number of nitrogens with zero attached hydrogens (tertiary/aromatic N) is 3. The highest BCUT2D eigenvalue weighted by molar-refractivity contribution is 5.50. The Morgan fingerprint density at radius 3 is 2.70 bits per heavy atom. The van der Waals surface area contributed by atoms with Crippen LogP contribution in [-0.4, -0.2) is 18.1 Å². The molecule has 0 saturated carbocycles. The molecule has 0 radical (unpaired) electrons. The van der Waals surface area contributed by atoms with Crippen LogP contribution >= 0.6 is 0 Å². The predicted molar refractivity (Wildman–Crippen MR) is 88.7 cm³/mol. The molecule has 1 aliphatic heterocycles. The molecule has 2 heterocycles. The lowest BCUT2D eigenvalue weighted by Crippen LogP contribution is -2.35. The fourth-order valence-electron chi connectivity index (χ4n) is 3.37. The van der Waals surface area contributed by atoms with Crippen molar-refractivity contribution in [3.8, 4) is 6.07 Å². The number of rotatable bonds is 3. The number of aromatic nitrogens is 1. The summed E-state index contributed by atoms with van der Waals surface area (Å²) in [7, 11) is 0. The zero-order valence-corrected chi connectivity index (χ0v) is 13.2. The van der Waals surface area contributed by atoms with E-state index in [-0.39, 0.29) is 5.56 Å². The van der Waals surface area contributed by atoms with E-state index in [1.54, 1.807) is 12.3 Å². The van der Waals surface area contributed by atoms with Crippen LogP contribution in [0.4, 0.5) is 10.1 Å². The second-order valence-electron chi connectivity index (χ2n) is 6.18. The lowest BCUT2D eigenvalue weighted by molar-refractivity contribution is 0.354. The molecule has 0 amide bonds. The minimum atomic E-state index is -0.434. The van der Waals surface area contributed by atoms with Gasteiger partial charge in [-0.05, 0) is 54.5 Å². The number of hydrogen-bond donors (Lipinski definition) is 0. The molecule has 1 aliphatic rings. The number of hydrogen-bond acceptors (Lipinski definition) is 3. The molecule has 0 aliphatic carbocycles. The first-order valence-electron chi connectivity index (χ1n) is 8.03. The second-order valence-corrected chi connectivity index (χ2v) is 6.18. The van der Waals surface area contributed by atoms with Gasteiger partial charge in [-0.25, -0.2) is 4.39 Å². The summed E-state index contributed by atoms with van der Waals surface area (Å²) in [6, 6.07) is 10.9. The van der Waals surface area contributed by atoms with E-state index in [1.165, 1.54) is 11.6 Å². The lowest BCUT2D eigenvalue weighted by Gasteiger charge is -2.36. The van der Waals surface area contributed by atoms with Crippen molar-refractivity contribution in [2.24, 2.45) is 5.92 Å². The third-order valence-electron chi connectivity index (χ3n) is 4.90. The average Bonchev–Trinajstić information content (AvgIpc) is 2.62. The van der Waals surface area contributed by atoms with Crippen LogP contribution < -0.4 is 4.90 Å². The maximum Gasteiger partial charge on any atom is 0.143 e. The van der Waals surface area contributed by atoms with Gasteiger partial charge in [0.25, 0.3) is 0 Å². The summed E-state index contributed by atoms with van der Waals surface area (Å²) in [4.78, 5) is 6.42. The Morgan fingerprint density at radius 1 is 1.30 bits per heavy atom. The lowest BCUT2D eigenvalue weighted by atomic mass is 9.82. The highest BCUT2D eigenvalue weighted by atomic mass is 19.1. The third-order valence-corrected chi connectivity index (χ3v) is 4.90. The van der Waals surface area contributed by atoms with Gasteiger partial charge >= 0.3 is 0 Å². The summed E-state index contributed by atoms with van der Waals surface area (Å²) >= 11 is 0. The summed E-state index contributed by atoms with van der Waals surface area (Å²) in [5, 5.41) is 8.81. The van der Waals surface area contributed by atoms with Crippen molar-refractivity contribution in [1.82, 2.24) is 4.98 Å². The predicted octanol–water partition coefficient (Wildman–Crippen LogP) is 4.11. The van der Waals surface area contributed by atoms with Gasteiger partial charge in [-0.1, -0.05) is 13.0 Å². The molecular weight excluding hydrogens is 289 g/mol. The van der Waals surface area contributed by atoms with Crippen molar-refractivity contribution >= 4 is 5.69 Å². The fraction of sp³-hybridized carbons (Fsp3) is 0.368. The molecule has 1 saturated heterocycles. The Labute approximate surface area is 136 Å². The average molecular weight is 309 g/mol. The van der Waals surface area contributed by atoms with E-state index in [4.69, 9.17) is 5.26 Å². The van der Waals surface area contributed by atoms with Crippen LogP contribution in [-0.2, 0) is 0 Å². The summed E-state index contributed by atoms with van der Waals surface area (Å²) in [6.45, 7) is 4.10. The summed E-state index contributed by atoms with van der Waals surface area (Å²) in [6.07, 6.45) is 5.92. The van der Waals surface area contributed by atoms with Crippen LogP contribution in [0, 0.1) is 23.1 Å². The molecule has 0 N–H and O–H groups in total. The maximum absolute atomic E-state index is 13.8. The van der Waals surface area contributed by atoms with Crippen molar-refractivity contribution in [3.63, 3.8) is 0 Å². The van der Waals surface area contributed by atoms with E-state index >= 15 is 0 Å². The number of halogens is 1. The molecule has 1 fully saturated rings. The molecular formula is C19H20FN3. The maximum atomic E-state index is 13.8. The fourth-order valence-corrected chi connectivity index (χ4v) is 3.37. The first kappa shape index (κ1) is 15.5. The number of nitriles is 1. The van der Waals surface area contributed by atoms with Gasteiger partial charge in [-0.15, -0.1) is 0 Å². The number of anilines is 1. The van der Waals surface area contributed by atoms with Crippen LogP contribution in [0.15, 0.2) is 42.7 Å². The van der Waals surface area contributed by atoms with Gasteiger partial charge in [0.1, 0.15) is 11.9 Å². The van der Waals surface area contributed by atoms with Crippen molar-refractivity contribution in [2.75, 3.05) is 18.0 Å². The molecule has 3 nitrogen and oxygen atoms in total. The van der Waals surface area contributed by atoms with Gasteiger partial charge < -0.3 is 4.90 Å². The Bertz CT molecular complexity index is 700. The van der Waals surface area contributed by atoms with Crippen LogP contribution in [0.1, 0.15) is 36.8 Å². The van der Waals surface area contributed by atoms with Crippen LogP contribution in [0.5, 0.6) is 0 Å². The van der Waals surface area contributed by atoms with Gasteiger partial charge in [-0.2, -0.15) is 5.26 Å². The highest BCUT2D eigenvalue weighted by Crippen LogP contribution is 2.33. The Kier molecular flexibility index (Phi) is 4.57. The van der Waals surface area contributed by atoms with Crippen LogP contribution in [0.25, 0.3) is 0 Å². The molecule has 0 unspecified atom stereocenters. The molecule has 2 aromatic rings. The summed E-state index contributed by atoms with van der Waals surface area (Å²) in [5.41, 5.74) is 2.26. The van der Waals surface area contributed by atoms with E-state index in [1.807, 2.05) is 24.4 Å². The van der Waals surface area contributed by atoms with Gasteiger partial charge in [0, 0.05) is 31.2 Å². The SMILES string of the molecule is C[C@H](c1cccnc1)C1CCN(c2ccc(C#N)c(F)c2)CC1. The van der Waals surface area contributed by atoms with E-state index < -0.39 is 5.82 Å². The molecule has 118 valence electrons. The Hall–Kier alpha value is -2.41. The summed E-state index contributed by atoms with van der Waals surface area (Å²) in [5.74, 6) is 0.679. The minimum Gasteiger partial charge on any atom is -0.371 e. The smallest absolute Gasteiger partial charge is 0.143 e. The standard InChI is InChI=1S/C19H20FN3/c1-14(17-3-2-8-22-13-17)15-6-9-23(10-7-15)18-5-4-16(12-21)19(20)11-18/h2-5,8,11,13-15H,6-7,9-10H2,1H3/t14-/m0/s1. The number of piperidine rings is 1.